The Kier molecular flexibility index (Phi) is 17.0. The number of benzene rings is 2. The standard InChI is InChI=1S/C43H58N12O8/c1-25(56)50-33(22-26-10-3-2-4-11-26)39(60)53-32-15-8-19-47-37(58)30(14-7-20-48-43(45)46)51-40(61)34(23-27-24-49-29-13-6-5-12-28(27)29)54-38(59)31(17-18-36(44)57)52-41(62)35-16-9-21-55(35)42(32)63/h2-6,10-13,24,30-35,49H,7-9,14-23H2,1H3,(H2,44,57)(H,47,58)(H,50,56)(H,51,61)(H,52,62)(H,53,60)(H,54,59)(H4,45,46,48)/t30-,31+,32-,33-,34-,35-/m0/s1. The quantitative estimate of drug-likeness (QED) is 0.0514. The number of hydrogen-bond donors (Lipinski definition) is 10. The van der Waals surface area contributed by atoms with Crippen LogP contribution in [-0.4, -0.2) is 119 Å². The van der Waals surface area contributed by atoms with E-state index < -0.39 is 83.5 Å². The van der Waals surface area contributed by atoms with E-state index >= 15 is 0 Å². The second-order valence-corrected chi connectivity index (χ2v) is 15.8. The number of carbonyl (C=O) groups excluding carboxylic acids is 8. The van der Waals surface area contributed by atoms with E-state index in [0.29, 0.717) is 12.0 Å². The third-order valence-electron chi connectivity index (χ3n) is 11.0. The van der Waals surface area contributed by atoms with Crippen molar-refractivity contribution in [3.05, 3.63) is 71.9 Å². The molecule has 20 nitrogen and oxygen atoms in total. The van der Waals surface area contributed by atoms with Crippen molar-refractivity contribution >= 4 is 64.1 Å². The number of nitrogens with one attached hydrogen (secondary N) is 7. The molecule has 2 fully saturated rings. The fraction of sp³-hybridized carbons (Fsp3) is 0.465. The maximum Gasteiger partial charge on any atom is 0.245 e. The number of aliphatic imine (C=N–C) groups is 1. The largest absolute Gasteiger partial charge is 0.370 e. The molecule has 6 atom stereocenters. The van der Waals surface area contributed by atoms with Crippen LogP contribution in [0.3, 0.4) is 0 Å². The summed E-state index contributed by atoms with van der Waals surface area (Å²) in [5, 5.41) is 17.3. The Morgan fingerprint density at radius 2 is 1.51 bits per heavy atom. The molecule has 2 aliphatic heterocycles. The molecule has 0 saturated carbocycles. The van der Waals surface area contributed by atoms with Gasteiger partial charge in [-0.25, -0.2) is 0 Å². The van der Waals surface area contributed by atoms with E-state index in [9.17, 15) is 38.4 Å². The summed E-state index contributed by atoms with van der Waals surface area (Å²) in [5.41, 5.74) is 18.7. The number of guanidine groups is 1. The van der Waals surface area contributed by atoms with Gasteiger partial charge in [-0.3, -0.25) is 43.3 Å². The van der Waals surface area contributed by atoms with Gasteiger partial charge in [0.25, 0.3) is 0 Å². The van der Waals surface area contributed by atoms with Gasteiger partial charge in [-0.1, -0.05) is 48.5 Å². The van der Waals surface area contributed by atoms with Crippen molar-refractivity contribution in [2.24, 2.45) is 22.2 Å². The van der Waals surface area contributed by atoms with E-state index in [1.54, 1.807) is 30.5 Å². The Hall–Kier alpha value is -6.99. The highest BCUT2D eigenvalue weighted by Crippen LogP contribution is 2.22. The molecule has 0 aliphatic carbocycles. The fourth-order valence-electron chi connectivity index (χ4n) is 7.85. The number of hydrogen-bond acceptors (Lipinski definition) is 9. The minimum atomic E-state index is -1.37. The first-order valence-electron chi connectivity index (χ1n) is 21.2. The van der Waals surface area contributed by atoms with Gasteiger partial charge in [0.05, 0.1) is 0 Å². The number of aromatic nitrogens is 1. The number of rotatable bonds is 14. The summed E-state index contributed by atoms with van der Waals surface area (Å²) in [6.07, 6.45) is 2.55. The van der Waals surface area contributed by atoms with Gasteiger partial charge in [0, 0.05) is 62.9 Å². The third-order valence-corrected chi connectivity index (χ3v) is 11.0. The lowest BCUT2D eigenvalue weighted by molar-refractivity contribution is -0.142. The maximum atomic E-state index is 14.4. The van der Waals surface area contributed by atoms with Crippen molar-refractivity contribution in [2.75, 3.05) is 19.6 Å². The maximum absolute atomic E-state index is 14.4. The Morgan fingerprint density at radius 1 is 0.825 bits per heavy atom. The molecule has 3 heterocycles. The Labute approximate surface area is 364 Å². The van der Waals surface area contributed by atoms with Crippen LogP contribution in [0.2, 0.25) is 0 Å². The highest BCUT2D eigenvalue weighted by Gasteiger charge is 2.40. The Balaban J connectivity index is 1.47. The van der Waals surface area contributed by atoms with E-state index in [1.807, 2.05) is 30.3 Å². The van der Waals surface area contributed by atoms with Crippen molar-refractivity contribution in [2.45, 2.75) is 107 Å². The molecule has 13 N–H and O–H groups in total. The molecule has 0 unspecified atom stereocenters. The molecule has 20 heteroatoms. The number of H-pyrrole nitrogens is 1. The average molecular weight is 871 g/mol. The van der Waals surface area contributed by atoms with Crippen LogP contribution in [0.15, 0.2) is 65.8 Å². The molecular weight excluding hydrogens is 813 g/mol. The summed E-state index contributed by atoms with van der Waals surface area (Å²) in [4.78, 5) is 117. The second kappa shape index (κ2) is 22.7. The number of amides is 8. The van der Waals surface area contributed by atoms with Gasteiger partial charge < -0.3 is 59.0 Å². The molecule has 63 heavy (non-hydrogen) atoms. The van der Waals surface area contributed by atoms with Gasteiger partial charge in [0.2, 0.25) is 47.3 Å². The number of aromatic amines is 1. The Bertz CT molecular complexity index is 2160. The Morgan fingerprint density at radius 3 is 2.24 bits per heavy atom. The normalized spacial score (nSPS) is 22.0. The fourth-order valence-corrected chi connectivity index (χ4v) is 7.85. The zero-order valence-corrected chi connectivity index (χ0v) is 35.3. The minimum Gasteiger partial charge on any atom is -0.370 e. The average Bonchev–Trinajstić information content (AvgIpc) is 3.91. The molecule has 5 rings (SSSR count). The van der Waals surface area contributed by atoms with Crippen LogP contribution in [-0.2, 0) is 51.2 Å². The van der Waals surface area contributed by atoms with Crippen molar-refractivity contribution in [3.8, 4) is 0 Å². The lowest BCUT2D eigenvalue weighted by Crippen LogP contribution is -2.60. The van der Waals surface area contributed by atoms with Crippen LogP contribution in [0.5, 0.6) is 0 Å². The van der Waals surface area contributed by atoms with Gasteiger partial charge in [0.15, 0.2) is 5.96 Å². The van der Waals surface area contributed by atoms with Gasteiger partial charge in [-0.05, 0) is 62.1 Å². The first-order chi connectivity index (χ1) is 30.2. The van der Waals surface area contributed by atoms with Crippen molar-refractivity contribution in [1.82, 2.24) is 41.8 Å². The van der Waals surface area contributed by atoms with E-state index in [-0.39, 0.29) is 83.4 Å². The SMILES string of the molecule is CC(=O)N[C@@H](Cc1ccccc1)C(=O)N[C@H]1CCCNC(=O)[C@H](CCCN=C(N)N)NC(=O)[C@H](Cc2c[nH]c3ccccc23)NC(=O)[C@@H](CCC(N)=O)NC(=O)[C@@H]2CCCN2C1=O. The molecule has 8 amide bonds. The van der Waals surface area contributed by atoms with Crippen LogP contribution in [0.25, 0.3) is 10.9 Å². The monoisotopic (exact) mass is 870 g/mol. The lowest BCUT2D eigenvalue weighted by atomic mass is 10.0. The van der Waals surface area contributed by atoms with E-state index in [0.717, 1.165) is 16.5 Å². The molecule has 1 aromatic heterocycles. The summed E-state index contributed by atoms with van der Waals surface area (Å²) in [7, 11) is 0. The number of primary amides is 1. The predicted octanol–water partition coefficient (Wildman–Crippen LogP) is -1.38. The van der Waals surface area contributed by atoms with E-state index in [1.165, 1.54) is 11.8 Å². The minimum absolute atomic E-state index is 0.0195. The summed E-state index contributed by atoms with van der Waals surface area (Å²) in [5.74, 6) is -5.28. The molecular formula is C43H58N12O8. The lowest BCUT2D eigenvalue weighted by Gasteiger charge is -2.31. The van der Waals surface area contributed by atoms with Crippen molar-refractivity contribution in [1.29, 1.82) is 0 Å². The zero-order valence-electron chi connectivity index (χ0n) is 35.3. The highest BCUT2D eigenvalue weighted by atomic mass is 16.2. The number of nitrogens with two attached hydrogens (primary N) is 3. The van der Waals surface area contributed by atoms with Crippen LogP contribution in [0.4, 0.5) is 0 Å². The molecule has 2 saturated heterocycles. The van der Waals surface area contributed by atoms with Crippen LogP contribution in [0, 0.1) is 0 Å². The van der Waals surface area contributed by atoms with Gasteiger partial charge >= 0.3 is 0 Å². The summed E-state index contributed by atoms with van der Waals surface area (Å²) in [6, 6.07) is 9.34. The van der Waals surface area contributed by atoms with Crippen molar-refractivity contribution in [3.63, 3.8) is 0 Å². The van der Waals surface area contributed by atoms with Gasteiger partial charge in [-0.15, -0.1) is 0 Å². The smallest absolute Gasteiger partial charge is 0.245 e. The second-order valence-electron chi connectivity index (χ2n) is 15.8. The van der Waals surface area contributed by atoms with Crippen LogP contribution in [0.1, 0.15) is 69.4 Å². The molecule has 0 radical (unpaired) electrons. The third kappa shape index (κ3) is 13.8. The molecule has 0 bridgehead atoms. The van der Waals surface area contributed by atoms with E-state index in [2.05, 4.69) is 41.9 Å². The number of fused-ring (bicyclic) bond motifs is 2. The number of nitrogens with zero attached hydrogens (tertiary/aromatic N) is 2. The summed E-state index contributed by atoms with van der Waals surface area (Å²) in [6.45, 7) is 1.62. The molecule has 338 valence electrons. The highest BCUT2D eigenvalue weighted by molar-refractivity contribution is 5.98. The van der Waals surface area contributed by atoms with Crippen LogP contribution < -0.4 is 49.1 Å². The van der Waals surface area contributed by atoms with Crippen molar-refractivity contribution < 1.29 is 38.4 Å². The summed E-state index contributed by atoms with van der Waals surface area (Å²) < 4.78 is 0. The van der Waals surface area contributed by atoms with E-state index in [4.69, 9.17) is 17.2 Å². The molecule has 2 aliphatic rings. The summed E-state index contributed by atoms with van der Waals surface area (Å²) >= 11 is 0. The number of carbonyl (C=O) groups is 8. The number of para-hydroxylation sites is 1. The van der Waals surface area contributed by atoms with Gasteiger partial charge in [-0.2, -0.15) is 0 Å². The first kappa shape index (κ1) is 47.1. The first-order valence-corrected chi connectivity index (χ1v) is 21.2. The molecule has 3 aromatic rings. The zero-order chi connectivity index (χ0) is 45.5. The van der Waals surface area contributed by atoms with Gasteiger partial charge in [0.1, 0.15) is 36.3 Å². The predicted molar refractivity (Wildman–Crippen MR) is 233 cm³/mol. The molecule has 2 aromatic carbocycles. The van der Waals surface area contributed by atoms with Crippen LogP contribution >= 0.6 is 0 Å². The molecule has 0 spiro atoms. The topological polar surface area (TPSA) is 318 Å².